The fourth-order valence-corrected chi connectivity index (χ4v) is 4.84. The molecule has 0 unspecified atom stereocenters. The molecule has 9 heteroatoms. The molecule has 3 aromatic carbocycles. The third-order valence-corrected chi connectivity index (χ3v) is 6.99. The van der Waals surface area contributed by atoms with Gasteiger partial charge in [0, 0.05) is 48.7 Å². The lowest BCUT2D eigenvalue weighted by atomic mass is 9.98. The number of nitrogens with zero attached hydrogens (tertiary/aromatic N) is 2. The fraction of sp³-hybridized carbons (Fsp3) is 0.286. The van der Waals surface area contributed by atoms with Crippen LogP contribution in [0.15, 0.2) is 54.6 Å². The number of primary amides is 1. The van der Waals surface area contributed by atoms with Gasteiger partial charge in [-0.15, -0.1) is 0 Å². The van der Waals surface area contributed by atoms with Crippen LogP contribution in [0.2, 0.25) is 0 Å². The van der Waals surface area contributed by atoms with Crippen molar-refractivity contribution < 1.29 is 23.1 Å². The minimum absolute atomic E-state index is 0.0177. The summed E-state index contributed by atoms with van der Waals surface area (Å²) >= 11 is 2.00. The quantitative estimate of drug-likeness (QED) is 0.360. The molecule has 3 aromatic rings. The molecule has 0 bridgehead atoms. The van der Waals surface area contributed by atoms with Crippen molar-refractivity contribution in [3.05, 3.63) is 92.1 Å². The van der Waals surface area contributed by atoms with Gasteiger partial charge in [0.1, 0.15) is 23.1 Å². The van der Waals surface area contributed by atoms with Gasteiger partial charge < -0.3 is 15.4 Å². The number of ketones is 1. The Morgan fingerprint density at radius 3 is 2.46 bits per heavy atom. The maximum absolute atomic E-state index is 14.6. The first-order valence-corrected chi connectivity index (χ1v) is 13.0. The molecule has 0 radical (unpaired) electrons. The van der Waals surface area contributed by atoms with E-state index < -0.39 is 17.5 Å². The largest absolute Gasteiger partial charge is 0.456 e. The standard InChI is InChI=1S/C28H28F2IN3O3/c1-33-7-9-34(10-8-33)17-23(35)11-18-3-2-4-24(12-18)37-26-15-21(29)14-20(27(26)28(32)36)13-19-5-6-22(31)16-25(19)30/h2-6,12,14-16H,7-11,13,17H2,1H3,(H2,32,36). The first-order chi connectivity index (χ1) is 17.7. The zero-order valence-corrected chi connectivity index (χ0v) is 22.6. The summed E-state index contributed by atoms with van der Waals surface area (Å²) in [6.07, 6.45) is 0.197. The average molecular weight is 619 g/mol. The molecule has 1 amide bonds. The van der Waals surface area contributed by atoms with Crippen molar-refractivity contribution in [1.29, 1.82) is 0 Å². The Morgan fingerprint density at radius 1 is 1.00 bits per heavy atom. The smallest absolute Gasteiger partial charge is 0.252 e. The molecule has 0 aromatic heterocycles. The van der Waals surface area contributed by atoms with E-state index in [-0.39, 0.29) is 35.5 Å². The van der Waals surface area contributed by atoms with Gasteiger partial charge in [0.15, 0.2) is 5.78 Å². The molecular weight excluding hydrogens is 591 g/mol. The normalized spacial score (nSPS) is 14.5. The summed E-state index contributed by atoms with van der Waals surface area (Å²) in [6.45, 7) is 3.97. The average Bonchev–Trinajstić information content (AvgIpc) is 2.82. The van der Waals surface area contributed by atoms with Crippen LogP contribution in [0.3, 0.4) is 0 Å². The Bertz CT molecular complexity index is 1310. The third-order valence-electron chi connectivity index (χ3n) is 6.31. The van der Waals surface area contributed by atoms with Crippen LogP contribution in [0.25, 0.3) is 0 Å². The second-order valence-electron chi connectivity index (χ2n) is 9.26. The first kappa shape index (κ1) is 27.2. The number of rotatable bonds is 9. The van der Waals surface area contributed by atoms with Crippen LogP contribution in [0.4, 0.5) is 8.78 Å². The Labute approximate surface area is 228 Å². The van der Waals surface area contributed by atoms with Crippen LogP contribution in [0.1, 0.15) is 27.0 Å². The molecule has 4 rings (SSSR count). The van der Waals surface area contributed by atoms with Gasteiger partial charge in [0.2, 0.25) is 0 Å². The van der Waals surface area contributed by atoms with Crippen molar-refractivity contribution in [2.24, 2.45) is 5.73 Å². The van der Waals surface area contributed by atoms with Crippen molar-refractivity contribution in [2.45, 2.75) is 12.8 Å². The predicted molar refractivity (Wildman–Crippen MR) is 146 cm³/mol. The SMILES string of the molecule is CN1CCN(CC(=O)Cc2cccc(Oc3cc(F)cc(Cc4ccc(I)cc4F)c3C(N)=O)c2)CC1. The number of benzene rings is 3. The number of Topliss-reactive ketones (excluding diaryl/α,β-unsaturated/α-hetero) is 1. The Morgan fingerprint density at radius 2 is 1.76 bits per heavy atom. The Balaban J connectivity index is 1.53. The van der Waals surface area contributed by atoms with Crippen LogP contribution in [0, 0.1) is 15.2 Å². The summed E-state index contributed by atoms with van der Waals surface area (Å²) in [4.78, 5) is 29.4. The highest BCUT2D eigenvalue weighted by Crippen LogP contribution is 2.31. The number of carbonyl (C=O) groups is 2. The monoisotopic (exact) mass is 619 g/mol. The summed E-state index contributed by atoms with van der Waals surface area (Å²) in [5.74, 6) is -1.54. The topological polar surface area (TPSA) is 75.9 Å². The molecule has 1 aliphatic heterocycles. The number of amides is 1. The molecule has 194 valence electrons. The summed E-state index contributed by atoms with van der Waals surface area (Å²) in [5, 5.41) is 0. The first-order valence-electron chi connectivity index (χ1n) is 11.9. The predicted octanol–water partition coefficient (Wildman–Crippen LogP) is 4.41. The van der Waals surface area contributed by atoms with Gasteiger partial charge in [-0.3, -0.25) is 14.5 Å². The van der Waals surface area contributed by atoms with Gasteiger partial charge in [0.25, 0.3) is 5.91 Å². The number of hydrogen-bond acceptors (Lipinski definition) is 5. The van der Waals surface area contributed by atoms with E-state index in [1.165, 1.54) is 6.07 Å². The number of carbonyl (C=O) groups excluding carboxylic acids is 2. The highest BCUT2D eigenvalue weighted by molar-refractivity contribution is 14.1. The summed E-state index contributed by atoms with van der Waals surface area (Å²) < 4.78 is 35.6. The van der Waals surface area contributed by atoms with Gasteiger partial charge >= 0.3 is 0 Å². The second-order valence-corrected chi connectivity index (χ2v) is 10.5. The van der Waals surface area contributed by atoms with Gasteiger partial charge in [-0.05, 0) is 76.7 Å². The van der Waals surface area contributed by atoms with Gasteiger partial charge in [0.05, 0.1) is 12.1 Å². The maximum Gasteiger partial charge on any atom is 0.252 e. The molecule has 1 heterocycles. The van der Waals surface area contributed by atoms with Crippen LogP contribution in [0.5, 0.6) is 11.5 Å². The van der Waals surface area contributed by atoms with Gasteiger partial charge in [-0.1, -0.05) is 18.2 Å². The fourth-order valence-electron chi connectivity index (χ4n) is 4.39. The Hall–Kier alpha value is -2.89. The molecule has 0 atom stereocenters. The summed E-state index contributed by atoms with van der Waals surface area (Å²) in [6, 6.07) is 13.8. The molecule has 0 spiro atoms. The van der Waals surface area contributed by atoms with Crippen molar-refractivity contribution in [3.8, 4) is 11.5 Å². The number of ether oxygens (including phenoxy) is 1. The molecule has 0 aliphatic carbocycles. The number of nitrogens with two attached hydrogens (primary N) is 1. The van der Waals surface area contributed by atoms with Crippen molar-refractivity contribution >= 4 is 34.3 Å². The lowest BCUT2D eigenvalue weighted by Gasteiger charge is -2.31. The van der Waals surface area contributed by atoms with E-state index in [2.05, 4.69) is 16.8 Å². The zero-order chi connectivity index (χ0) is 26.5. The molecule has 6 nitrogen and oxygen atoms in total. The lowest BCUT2D eigenvalue weighted by molar-refractivity contribution is -0.119. The van der Waals surface area contributed by atoms with E-state index in [9.17, 15) is 18.4 Å². The van der Waals surface area contributed by atoms with Crippen LogP contribution < -0.4 is 10.5 Å². The third kappa shape index (κ3) is 7.33. The van der Waals surface area contributed by atoms with Crippen LogP contribution in [-0.2, 0) is 17.6 Å². The molecule has 1 saturated heterocycles. The summed E-state index contributed by atoms with van der Waals surface area (Å²) in [5.41, 5.74) is 6.90. The van der Waals surface area contributed by atoms with E-state index in [1.54, 1.807) is 30.3 Å². The van der Waals surface area contributed by atoms with Crippen molar-refractivity contribution in [1.82, 2.24) is 9.80 Å². The molecule has 1 fully saturated rings. The summed E-state index contributed by atoms with van der Waals surface area (Å²) in [7, 11) is 2.07. The lowest BCUT2D eigenvalue weighted by Crippen LogP contribution is -2.46. The van der Waals surface area contributed by atoms with E-state index in [0.29, 0.717) is 17.9 Å². The minimum atomic E-state index is -0.811. The number of halogens is 3. The van der Waals surface area contributed by atoms with E-state index >= 15 is 0 Å². The number of piperazine rings is 1. The second kappa shape index (κ2) is 12.1. The van der Waals surface area contributed by atoms with Gasteiger partial charge in [-0.25, -0.2) is 8.78 Å². The van der Waals surface area contributed by atoms with Crippen molar-refractivity contribution in [2.75, 3.05) is 39.8 Å². The maximum atomic E-state index is 14.6. The van der Waals surface area contributed by atoms with Gasteiger partial charge in [-0.2, -0.15) is 0 Å². The van der Waals surface area contributed by atoms with Crippen LogP contribution in [-0.4, -0.2) is 61.3 Å². The molecule has 1 aliphatic rings. The van der Waals surface area contributed by atoms with E-state index in [0.717, 1.165) is 47.4 Å². The minimum Gasteiger partial charge on any atom is -0.456 e. The highest BCUT2D eigenvalue weighted by Gasteiger charge is 2.20. The van der Waals surface area contributed by atoms with E-state index in [4.69, 9.17) is 10.5 Å². The zero-order valence-electron chi connectivity index (χ0n) is 20.5. The molecular formula is C28H28F2IN3O3. The number of hydrogen-bond donors (Lipinski definition) is 1. The number of likely N-dealkylation sites (N-methyl/N-ethyl adjacent to an activating group) is 1. The molecule has 2 N–H and O–H groups in total. The highest BCUT2D eigenvalue weighted by atomic mass is 127. The Kier molecular flexibility index (Phi) is 8.88. The molecule has 0 saturated carbocycles. The van der Waals surface area contributed by atoms with Crippen LogP contribution >= 0.6 is 22.6 Å². The molecule has 37 heavy (non-hydrogen) atoms. The van der Waals surface area contributed by atoms with Crippen molar-refractivity contribution in [3.63, 3.8) is 0 Å². The van der Waals surface area contributed by atoms with E-state index in [1.807, 2.05) is 28.7 Å².